The van der Waals surface area contributed by atoms with Crippen LogP contribution in [0, 0.1) is 5.82 Å². The van der Waals surface area contributed by atoms with Crippen molar-refractivity contribution in [2.75, 3.05) is 26.2 Å². The highest BCUT2D eigenvalue weighted by molar-refractivity contribution is 6.31. The van der Waals surface area contributed by atoms with E-state index in [-0.39, 0.29) is 18.2 Å². The fourth-order valence-electron chi connectivity index (χ4n) is 2.70. The molecule has 0 aromatic heterocycles. The average molecular weight is 321 g/mol. The van der Waals surface area contributed by atoms with E-state index in [4.69, 9.17) is 11.6 Å². The largest absolute Gasteiger partial charge is 0.314 e. The second-order valence-corrected chi connectivity index (χ2v) is 5.52. The monoisotopic (exact) mass is 320 g/mol. The van der Waals surface area contributed by atoms with Gasteiger partial charge in [-0.1, -0.05) is 37.4 Å². The molecule has 0 saturated carbocycles. The van der Waals surface area contributed by atoms with Crippen LogP contribution >= 0.6 is 24.0 Å². The predicted molar refractivity (Wildman–Crippen MR) is 85.4 cm³/mol. The van der Waals surface area contributed by atoms with Gasteiger partial charge in [-0.2, -0.15) is 0 Å². The maximum absolute atomic E-state index is 13.2. The molecule has 1 aliphatic heterocycles. The van der Waals surface area contributed by atoms with E-state index in [0.29, 0.717) is 11.1 Å². The zero-order valence-corrected chi connectivity index (χ0v) is 13.4. The minimum atomic E-state index is -0.261. The van der Waals surface area contributed by atoms with E-state index < -0.39 is 0 Å². The van der Waals surface area contributed by atoms with Crippen LogP contribution in [0.4, 0.5) is 4.39 Å². The third kappa shape index (κ3) is 4.59. The number of rotatable bonds is 5. The molecule has 2 rings (SSSR count). The Morgan fingerprint density at radius 3 is 2.65 bits per heavy atom. The van der Waals surface area contributed by atoms with Crippen LogP contribution in [0.3, 0.4) is 0 Å². The van der Waals surface area contributed by atoms with Gasteiger partial charge in [0.05, 0.1) is 0 Å². The Morgan fingerprint density at radius 2 is 2.05 bits per heavy atom. The van der Waals surface area contributed by atoms with Crippen LogP contribution in [0.2, 0.25) is 5.02 Å². The molecule has 1 aromatic carbocycles. The van der Waals surface area contributed by atoms with Gasteiger partial charge in [-0.25, -0.2) is 4.39 Å². The van der Waals surface area contributed by atoms with Crippen LogP contribution in [0.25, 0.3) is 0 Å². The van der Waals surface area contributed by atoms with Gasteiger partial charge in [0.1, 0.15) is 5.82 Å². The Hall–Kier alpha value is -0.350. The number of piperazine rings is 1. The molecule has 0 radical (unpaired) electrons. The van der Waals surface area contributed by atoms with Gasteiger partial charge in [-0.15, -0.1) is 12.4 Å². The molecule has 0 amide bonds. The Kier molecular flexibility index (Phi) is 7.82. The lowest BCUT2D eigenvalue weighted by Crippen LogP contribution is -2.45. The summed E-state index contributed by atoms with van der Waals surface area (Å²) in [5.74, 6) is -0.261. The summed E-state index contributed by atoms with van der Waals surface area (Å²) < 4.78 is 13.2. The van der Waals surface area contributed by atoms with Crippen molar-refractivity contribution in [1.82, 2.24) is 10.2 Å². The summed E-state index contributed by atoms with van der Waals surface area (Å²) >= 11 is 6.24. The van der Waals surface area contributed by atoms with Crippen LogP contribution in [0.1, 0.15) is 37.8 Å². The summed E-state index contributed by atoms with van der Waals surface area (Å²) in [6, 6.07) is 5.11. The van der Waals surface area contributed by atoms with E-state index in [9.17, 15) is 4.39 Å². The second-order valence-electron chi connectivity index (χ2n) is 5.11. The maximum Gasteiger partial charge on any atom is 0.124 e. The first-order chi connectivity index (χ1) is 9.22. The van der Waals surface area contributed by atoms with Crippen molar-refractivity contribution in [1.29, 1.82) is 0 Å². The third-order valence-corrected chi connectivity index (χ3v) is 4.07. The summed E-state index contributed by atoms with van der Waals surface area (Å²) in [4.78, 5) is 2.46. The number of halogens is 3. The van der Waals surface area contributed by atoms with Gasteiger partial charge in [0.15, 0.2) is 0 Å². The molecule has 1 heterocycles. The van der Waals surface area contributed by atoms with Crippen molar-refractivity contribution in [2.45, 2.75) is 32.2 Å². The molecular weight excluding hydrogens is 298 g/mol. The minimum absolute atomic E-state index is 0. The molecule has 1 N–H and O–H groups in total. The molecule has 20 heavy (non-hydrogen) atoms. The molecule has 5 heteroatoms. The normalized spacial score (nSPS) is 17.6. The molecule has 2 nitrogen and oxygen atoms in total. The number of nitrogens with zero attached hydrogens (tertiary/aromatic N) is 1. The highest BCUT2D eigenvalue weighted by atomic mass is 35.5. The molecule has 0 unspecified atom stereocenters. The number of benzene rings is 1. The van der Waals surface area contributed by atoms with Crippen LogP contribution in [0.5, 0.6) is 0 Å². The van der Waals surface area contributed by atoms with E-state index in [0.717, 1.165) is 38.2 Å². The maximum atomic E-state index is 13.2. The van der Waals surface area contributed by atoms with Gasteiger partial charge in [0, 0.05) is 37.2 Å². The summed E-state index contributed by atoms with van der Waals surface area (Å²) in [5, 5.41) is 3.92. The summed E-state index contributed by atoms with van der Waals surface area (Å²) in [6.07, 6.45) is 3.42. The SMILES string of the molecule is CCCC[C@@H](c1ccc(F)cc1Cl)N1CCNCC1.Cl. The van der Waals surface area contributed by atoms with Gasteiger partial charge in [0.2, 0.25) is 0 Å². The molecule has 0 bridgehead atoms. The highest BCUT2D eigenvalue weighted by Crippen LogP contribution is 2.32. The first-order valence-corrected chi connectivity index (χ1v) is 7.50. The topological polar surface area (TPSA) is 15.3 Å². The molecule has 0 spiro atoms. The Bertz CT molecular complexity index is 409. The molecule has 114 valence electrons. The van der Waals surface area contributed by atoms with Crippen LogP contribution in [-0.2, 0) is 0 Å². The molecule has 1 aromatic rings. The summed E-state index contributed by atoms with van der Waals surface area (Å²) in [7, 11) is 0. The van der Waals surface area contributed by atoms with Crippen molar-refractivity contribution in [2.24, 2.45) is 0 Å². The van der Waals surface area contributed by atoms with Crippen LogP contribution in [-0.4, -0.2) is 31.1 Å². The van der Waals surface area contributed by atoms with Crippen molar-refractivity contribution in [3.8, 4) is 0 Å². The van der Waals surface area contributed by atoms with Gasteiger partial charge in [-0.05, 0) is 24.1 Å². The number of hydrogen-bond acceptors (Lipinski definition) is 2. The van der Waals surface area contributed by atoms with Crippen molar-refractivity contribution < 1.29 is 4.39 Å². The van der Waals surface area contributed by atoms with Crippen molar-refractivity contribution in [3.63, 3.8) is 0 Å². The molecular formula is C15H23Cl2FN2. The fourth-order valence-corrected chi connectivity index (χ4v) is 2.99. The van der Waals surface area contributed by atoms with E-state index in [1.807, 2.05) is 6.07 Å². The van der Waals surface area contributed by atoms with Crippen LogP contribution < -0.4 is 5.32 Å². The average Bonchev–Trinajstić information content (AvgIpc) is 2.42. The first kappa shape index (κ1) is 17.7. The minimum Gasteiger partial charge on any atom is -0.314 e. The van der Waals surface area contributed by atoms with E-state index >= 15 is 0 Å². The van der Waals surface area contributed by atoms with Gasteiger partial charge < -0.3 is 5.32 Å². The highest BCUT2D eigenvalue weighted by Gasteiger charge is 2.23. The zero-order chi connectivity index (χ0) is 13.7. The smallest absolute Gasteiger partial charge is 0.124 e. The standard InChI is InChI=1S/C15H22ClFN2.ClH/c1-2-3-4-15(19-9-7-18-8-10-19)13-6-5-12(17)11-14(13)16;/h5-6,11,15,18H,2-4,7-10H2,1H3;1H/t15-;/m0./s1. The number of nitrogens with one attached hydrogen (secondary N) is 1. The van der Waals surface area contributed by atoms with Gasteiger partial charge in [0.25, 0.3) is 0 Å². The lowest BCUT2D eigenvalue weighted by atomic mass is 9.98. The molecule has 1 aliphatic rings. The fraction of sp³-hybridized carbons (Fsp3) is 0.600. The van der Waals surface area contributed by atoms with Crippen molar-refractivity contribution in [3.05, 3.63) is 34.6 Å². The second kappa shape index (κ2) is 8.83. The summed E-state index contributed by atoms with van der Waals surface area (Å²) in [6.45, 7) is 6.29. The van der Waals surface area contributed by atoms with E-state index in [1.165, 1.54) is 25.0 Å². The Morgan fingerprint density at radius 1 is 1.35 bits per heavy atom. The molecule has 0 aliphatic carbocycles. The van der Waals surface area contributed by atoms with Gasteiger partial charge >= 0.3 is 0 Å². The van der Waals surface area contributed by atoms with Crippen LogP contribution in [0.15, 0.2) is 18.2 Å². The zero-order valence-electron chi connectivity index (χ0n) is 11.9. The van der Waals surface area contributed by atoms with Crippen molar-refractivity contribution >= 4 is 24.0 Å². The number of unbranched alkanes of at least 4 members (excludes halogenated alkanes) is 1. The quantitative estimate of drug-likeness (QED) is 0.880. The predicted octanol–water partition coefficient (Wildman–Crippen LogP) is 4.04. The molecule has 1 saturated heterocycles. The third-order valence-electron chi connectivity index (χ3n) is 3.74. The van der Waals surface area contributed by atoms with E-state index in [2.05, 4.69) is 17.1 Å². The Balaban J connectivity index is 0.00000200. The van der Waals surface area contributed by atoms with Gasteiger partial charge in [-0.3, -0.25) is 4.90 Å². The summed E-state index contributed by atoms with van der Waals surface area (Å²) in [5.41, 5.74) is 1.07. The molecule has 1 atom stereocenters. The number of hydrogen-bond donors (Lipinski definition) is 1. The Labute approximate surface area is 132 Å². The van der Waals surface area contributed by atoms with E-state index in [1.54, 1.807) is 0 Å². The lowest BCUT2D eigenvalue weighted by molar-refractivity contribution is 0.163. The molecule has 1 fully saturated rings. The lowest BCUT2D eigenvalue weighted by Gasteiger charge is -2.35. The first-order valence-electron chi connectivity index (χ1n) is 7.12.